The van der Waals surface area contributed by atoms with Crippen molar-refractivity contribution in [2.45, 2.75) is 13.8 Å². The number of halogens is 1. The molecule has 0 saturated carbocycles. The molecule has 0 amide bonds. The summed E-state index contributed by atoms with van der Waals surface area (Å²) in [6.45, 7) is 4.17. The molecule has 5 aromatic rings. The number of nitrogens with one attached hydrogen (secondary N) is 1. The van der Waals surface area contributed by atoms with Gasteiger partial charge in [0.15, 0.2) is 0 Å². The molecule has 0 atom stereocenters. The maximum atomic E-state index is 10.0. The Labute approximate surface area is 168 Å². The first-order valence-corrected chi connectivity index (χ1v) is 9.59. The first-order valence-electron chi connectivity index (χ1n) is 9.21. The van der Waals surface area contributed by atoms with E-state index in [1.807, 2.05) is 18.2 Å². The summed E-state index contributed by atoms with van der Waals surface area (Å²) < 4.78 is 0. The van der Waals surface area contributed by atoms with E-state index >= 15 is 0 Å². The maximum Gasteiger partial charge on any atom is 0.101 e. The Hall–Kier alpha value is -3.28. The summed E-state index contributed by atoms with van der Waals surface area (Å²) in [6, 6.07) is 23.1. The van der Waals surface area contributed by atoms with Crippen molar-refractivity contribution in [2.75, 3.05) is 0 Å². The van der Waals surface area contributed by atoms with Gasteiger partial charge in [-0.15, -0.1) is 0 Å². The fourth-order valence-corrected chi connectivity index (χ4v) is 4.28. The van der Waals surface area contributed by atoms with Gasteiger partial charge in [-0.2, -0.15) is 5.26 Å². The van der Waals surface area contributed by atoms with Gasteiger partial charge in [-0.05, 0) is 36.9 Å². The highest BCUT2D eigenvalue weighted by Crippen LogP contribution is 2.42. The van der Waals surface area contributed by atoms with E-state index in [-0.39, 0.29) is 0 Å². The number of hydrogen-bond donors (Lipinski definition) is 1. The van der Waals surface area contributed by atoms with Crippen LogP contribution in [0.1, 0.15) is 16.7 Å². The fraction of sp³-hybridized carbons (Fsp3) is 0.0800. The van der Waals surface area contributed by atoms with E-state index in [2.05, 4.69) is 67.4 Å². The summed E-state index contributed by atoms with van der Waals surface area (Å²) in [5.41, 5.74) is 7.28. The van der Waals surface area contributed by atoms with Crippen LogP contribution in [0.2, 0.25) is 5.02 Å². The topological polar surface area (TPSA) is 39.6 Å². The van der Waals surface area contributed by atoms with Gasteiger partial charge in [-0.1, -0.05) is 71.3 Å². The molecule has 28 heavy (non-hydrogen) atoms. The number of aromatic amines is 1. The molecule has 0 aliphatic carbocycles. The van der Waals surface area contributed by atoms with Crippen LogP contribution in [0, 0.1) is 25.2 Å². The third-order valence-electron chi connectivity index (χ3n) is 5.43. The minimum absolute atomic E-state index is 0.676. The Kier molecular flexibility index (Phi) is 3.69. The van der Waals surface area contributed by atoms with E-state index in [4.69, 9.17) is 11.6 Å². The molecule has 0 aliphatic heterocycles. The second-order valence-electron chi connectivity index (χ2n) is 7.34. The zero-order chi connectivity index (χ0) is 19.4. The van der Waals surface area contributed by atoms with Crippen molar-refractivity contribution >= 4 is 44.2 Å². The van der Waals surface area contributed by atoms with Crippen molar-refractivity contribution in [3.63, 3.8) is 0 Å². The SMILES string of the molecule is Cc1ccc(-c2c3cc(C)ccc3c(C#N)c3c2[nH]c2cc(Cl)ccc23)cc1. The summed E-state index contributed by atoms with van der Waals surface area (Å²) in [5.74, 6) is 0. The molecule has 1 N–H and O–H groups in total. The second-order valence-corrected chi connectivity index (χ2v) is 7.78. The lowest BCUT2D eigenvalue weighted by Crippen LogP contribution is -1.90. The minimum atomic E-state index is 0.676. The zero-order valence-corrected chi connectivity index (χ0v) is 16.4. The molecule has 1 heterocycles. The second kappa shape index (κ2) is 6.12. The Balaban J connectivity index is 2.08. The molecule has 0 aliphatic rings. The van der Waals surface area contributed by atoms with E-state index < -0.39 is 0 Å². The summed E-state index contributed by atoms with van der Waals surface area (Å²) in [5, 5.41) is 14.8. The Bertz CT molecular complexity index is 1430. The number of benzene rings is 4. The van der Waals surface area contributed by atoms with Crippen LogP contribution in [0.3, 0.4) is 0 Å². The number of hydrogen-bond acceptors (Lipinski definition) is 1. The number of aromatic nitrogens is 1. The molecule has 0 fully saturated rings. The Morgan fingerprint density at radius 1 is 0.821 bits per heavy atom. The normalized spacial score (nSPS) is 11.4. The van der Waals surface area contributed by atoms with Gasteiger partial charge in [-0.25, -0.2) is 0 Å². The first kappa shape index (κ1) is 16.9. The van der Waals surface area contributed by atoms with Crippen LogP contribution in [0.5, 0.6) is 0 Å². The number of nitriles is 1. The van der Waals surface area contributed by atoms with Gasteiger partial charge in [-0.3, -0.25) is 0 Å². The molecule has 0 radical (unpaired) electrons. The largest absolute Gasteiger partial charge is 0.354 e. The average molecular weight is 381 g/mol. The highest BCUT2D eigenvalue weighted by Gasteiger charge is 2.19. The number of nitrogens with zero attached hydrogens (tertiary/aromatic N) is 1. The molecule has 2 nitrogen and oxygen atoms in total. The van der Waals surface area contributed by atoms with Gasteiger partial charge >= 0.3 is 0 Å². The Morgan fingerprint density at radius 3 is 2.29 bits per heavy atom. The van der Waals surface area contributed by atoms with Crippen LogP contribution in [-0.4, -0.2) is 4.98 Å². The fourth-order valence-electron chi connectivity index (χ4n) is 4.11. The zero-order valence-electron chi connectivity index (χ0n) is 15.6. The third-order valence-corrected chi connectivity index (χ3v) is 5.66. The number of rotatable bonds is 1. The molecular formula is C25H17ClN2. The summed E-state index contributed by atoms with van der Waals surface area (Å²) in [4.78, 5) is 3.55. The van der Waals surface area contributed by atoms with Gasteiger partial charge in [0.2, 0.25) is 0 Å². The van der Waals surface area contributed by atoms with Crippen LogP contribution in [-0.2, 0) is 0 Å². The molecule has 0 spiro atoms. The van der Waals surface area contributed by atoms with E-state index in [0.717, 1.165) is 43.7 Å². The van der Waals surface area contributed by atoms with E-state index in [0.29, 0.717) is 10.6 Å². The van der Waals surface area contributed by atoms with Crippen molar-refractivity contribution in [1.29, 1.82) is 5.26 Å². The smallest absolute Gasteiger partial charge is 0.101 e. The van der Waals surface area contributed by atoms with Crippen molar-refractivity contribution in [3.05, 3.63) is 82.4 Å². The lowest BCUT2D eigenvalue weighted by Gasteiger charge is -2.13. The average Bonchev–Trinajstić information content (AvgIpc) is 3.04. The van der Waals surface area contributed by atoms with Crippen molar-refractivity contribution in [1.82, 2.24) is 4.98 Å². The minimum Gasteiger partial charge on any atom is -0.354 e. The van der Waals surface area contributed by atoms with Gasteiger partial charge in [0, 0.05) is 32.3 Å². The highest BCUT2D eigenvalue weighted by molar-refractivity contribution is 6.32. The van der Waals surface area contributed by atoms with E-state index in [1.165, 1.54) is 11.1 Å². The summed E-state index contributed by atoms with van der Waals surface area (Å²) in [7, 11) is 0. The number of H-pyrrole nitrogens is 1. The third kappa shape index (κ3) is 2.41. The molecular weight excluding hydrogens is 364 g/mol. The first-order chi connectivity index (χ1) is 13.6. The van der Waals surface area contributed by atoms with E-state index in [1.54, 1.807) is 0 Å². The molecule has 3 heteroatoms. The summed E-state index contributed by atoms with van der Waals surface area (Å²) >= 11 is 6.23. The van der Waals surface area contributed by atoms with Crippen LogP contribution < -0.4 is 0 Å². The molecule has 0 unspecified atom stereocenters. The van der Waals surface area contributed by atoms with Gasteiger partial charge in [0.05, 0.1) is 11.1 Å². The van der Waals surface area contributed by atoms with Crippen LogP contribution in [0.4, 0.5) is 0 Å². The van der Waals surface area contributed by atoms with E-state index in [9.17, 15) is 5.26 Å². The lowest BCUT2D eigenvalue weighted by atomic mass is 9.90. The predicted octanol–water partition coefficient (Wildman–Crippen LogP) is 7.28. The molecule has 0 bridgehead atoms. The van der Waals surface area contributed by atoms with Crippen molar-refractivity contribution < 1.29 is 0 Å². The predicted molar refractivity (Wildman–Crippen MR) is 118 cm³/mol. The maximum absolute atomic E-state index is 10.0. The molecule has 5 rings (SSSR count). The summed E-state index contributed by atoms with van der Waals surface area (Å²) in [6.07, 6.45) is 0. The van der Waals surface area contributed by atoms with Crippen LogP contribution >= 0.6 is 11.6 Å². The van der Waals surface area contributed by atoms with Gasteiger partial charge in [0.25, 0.3) is 0 Å². The molecule has 1 aromatic heterocycles. The molecule has 0 saturated heterocycles. The van der Waals surface area contributed by atoms with Crippen molar-refractivity contribution in [3.8, 4) is 17.2 Å². The van der Waals surface area contributed by atoms with Gasteiger partial charge < -0.3 is 4.98 Å². The standard InChI is InChI=1S/C25H17ClN2/c1-14-3-6-16(7-4-14)23-20-11-15(2)5-9-18(20)21(13-27)24-19-10-8-17(26)12-22(19)28-25(23)24/h3-12,28H,1-2H3. The van der Waals surface area contributed by atoms with Crippen LogP contribution in [0.25, 0.3) is 43.7 Å². The Morgan fingerprint density at radius 2 is 1.54 bits per heavy atom. The molecule has 4 aromatic carbocycles. The number of aryl methyl sites for hydroxylation is 2. The van der Waals surface area contributed by atoms with Crippen molar-refractivity contribution in [2.24, 2.45) is 0 Å². The molecule has 134 valence electrons. The van der Waals surface area contributed by atoms with Gasteiger partial charge in [0.1, 0.15) is 6.07 Å². The lowest BCUT2D eigenvalue weighted by molar-refractivity contribution is 1.46. The monoisotopic (exact) mass is 380 g/mol. The van der Waals surface area contributed by atoms with Crippen LogP contribution in [0.15, 0.2) is 60.7 Å². The number of fused-ring (bicyclic) bond motifs is 4. The quantitative estimate of drug-likeness (QED) is 0.326. The highest BCUT2D eigenvalue weighted by atomic mass is 35.5.